The number of fused-ring (bicyclic) bond motifs is 1. The molecule has 1 nitrogen and oxygen atoms in total. The van der Waals surface area contributed by atoms with Crippen LogP contribution in [0.5, 0.6) is 0 Å². The molecule has 1 aromatic heterocycles. The third-order valence-corrected chi connectivity index (χ3v) is 5.08. The fourth-order valence-corrected chi connectivity index (χ4v) is 3.70. The molecular weight excluding hydrogens is 393 g/mol. The minimum Gasteiger partial charge on any atom is -0.336 e. The molecule has 0 fully saturated rings. The van der Waals surface area contributed by atoms with Gasteiger partial charge in [-0.2, -0.15) is 0 Å². The Morgan fingerprint density at radius 3 is 2.26 bits per heavy atom. The molecule has 0 aliphatic carbocycles. The number of nitrogens with zero attached hydrogens (tertiary/aromatic N) is 1. The fourth-order valence-electron chi connectivity index (χ4n) is 3.04. The molecule has 4 aromatic rings. The molecular formula is C21H16IN. The first-order chi connectivity index (χ1) is 11.3. The summed E-state index contributed by atoms with van der Waals surface area (Å²) in [5.41, 5.74) is 5.17. The van der Waals surface area contributed by atoms with Gasteiger partial charge in [0.1, 0.15) is 0 Å². The van der Waals surface area contributed by atoms with Crippen LogP contribution in [0.3, 0.4) is 0 Å². The zero-order valence-corrected chi connectivity index (χ0v) is 14.8. The van der Waals surface area contributed by atoms with Crippen LogP contribution in [0.1, 0.15) is 5.56 Å². The highest BCUT2D eigenvalue weighted by Gasteiger charge is 2.12. The Balaban J connectivity index is 1.93. The summed E-state index contributed by atoms with van der Waals surface area (Å²) in [6.45, 7) is 0.884. The van der Waals surface area contributed by atoms with Crippen LogP contribution in [0, 0.1) is 3.57 Å². The number of aromatic nitrogens is 1. The van der Waals surface area contributed by atoms with Gasteiger partial charge in [0.2, 0.25) is 0 Å². The predicted octanol–water partition coefficient (Wildman–Crippen LogP) is 5.96. The number of benzene rings is 3. The van der Waals surface area contributed by atoms with E-state index in [0.29, 0.717) is 0 Å². The van der Waals surface area contributed by atoms with Gasteiger partial charge in [-0.25, -0.2) is 0 Å². The molecule has 0 spiro atoms. The molecule has 1 heterocycles. The minimum atomic E-state index is 0.884. The van der Waals surface area contributed by atoms with Crippen molar-refractivity contribution in [2.45, 2.75) is 6.54 Å². The first kappa shape index (κ1) is 14.5. The predicted molar refractivity (Wildman–Crippen MR) is 106 cm³/mol. The Morgan fingerprint density at radius 2 is 1.43 bits per heavy atom. The summed E-state index contributed by atoms with van der Waals surface area (Å²) < 4.78 is 3.70. The summed E-state index contributed by atoms with van der Waals surface area (Å²) in [7, 11) is 0. The lowest BCUT2D eigenvalue weighted by molar-refractivity contribution is 0.844. The maximum absolute atomic E-state index is 2.42. The summed E-state index contributed by atoms with van der Waals surface area (Å²) in [5, 5.41) is 1.29. The number of para-hydroxylation sites is 1. The first-order valence-electron chi connectivity index (χ1n) is 7.70. The number of hydrogen-bond acceptors (Lipinski definition) is 0. The Labute approximate surface area is 149 Å². The van der Waals surface area contributed by atoms with Gasteiger partial charge in [-0.1, -0.05) is 66.7 Å². The van der Waals surface area contributed by atoms with Crippen LogP contribution in [0.4, 0.5) is 0 Å². The lowest BCUT2D eigenvalue weighted by atomic mass is 10.1. The Morgan fingerprint density at radius 1 is 0.739 bits per heavy atom. The van der Waals surface area contributed by atoms with Gasteiger partial charge in [0.25, 0.3) is 0 Å². The molecule has 23 heavy (non-hydrogen) atoms. The molecule has 4 rings (SSSR count). The lowest BCUT2D eigenvalue weighted by Gasteiger charge is -2.12. The summed E-state index contributed by atoms with van der Waals surface area (Å²) in [6.07, 6.45) is 0. The summed E-state index contributed by atoms with van der Waals surface area (Å²) in [5.74, 6) is 0. The zero-order valence-electron chi connectivity index (χ0n) is 12.6. The lowest BCUT2D eigenvalue weighted by Crippen LogP contribution is -2.02. The number of hydrogen-bond donors (Lipinski definition) is 0. The molecule has 0 unspecified atom stereocenters. The smallest absolute Gasteiger partial charge is 0.0505 e. The van der Waals surface area contributed by atoms with Crippen LogP contribution in [0.15, 0.2) is 84.9 Å². The highest BCUT2D eigenvalue weighted by Crippen LogP contribution is 2.31. The van der Waals surface area contributed by atoms with Crippen LogP contribution in [0.25, 0.3) is 22.2 Å². The summed E-state index contributed by atoms with van der Waals surface area (Å²) in [6, 6.07) is 30.2. The normalized spacial score (nSPS) is 11.0. The molecule has 3 aromatic carbocycles. The van der Waals surface area contributed by atoms with Gasteiger partial charge in [0.05, 0.1) is 5.69 Å². The molecule has 0 radical (unpaired) electrons. The second-order valence-electron chi connectivity index (χ2n) is 5.64. The molecule has 112 valence electrons. The number of rotatable bonds is 3. The topological polar surface area (TPSA) is 4.93 Å². The molecule has 0 bridgehead atoms. The van der Waals surface area contributed by atoms with E-state index in [9.17, 15) is 0 Å². The largest absolute Gasteiger partial charge is 0.336 e. The standard InChI is InChI=1S/C21H16IN/c22-19-12-6-5-11-18(19)21-14-17-10-4-7-13-20(17)23(21)15-16-8-2-1-3-9-16/h1-14H,15H2. The van der Waals surface area contributed by atoms with Crippen molar-refractivity contribution in [2.75, 3.05) is 0 Å². The van der Waals surface area contributed by atoms with E-state index >= 15 is 0 Å². The van der Waals surface area contributed by atoms with E-state index < -0.39 is 0 Å². The van der Waals surface area contributed by atoms with Gasteiger partial charge in [0.15, 0.2) is 0 Å². The van der Waals surface area contributed by atoms with Crippen LogP contribution in [-0.2, 0) is 6.54 Å². The molecule has 0 saturated carbocycles. The second kappa shape index (κ2) is 6.20. The van der Waals surface area contributed by atoms with Crippen molar-refractivity contribution >= 4 is 33.5 Å². The number of halogens is 1. The van der Waals surface area contributed by atoms with Gasteiger partial charge >= 0.3 is 0 Å². The molecule has 0 atom stereocenters. The van der Waals surface area contributed by atoms with E-state index in [-0.39, 0.29) is 0 Å². The zero-order chi connectivity index (χ0) is 15.6. The van der Waals surface area contributed by atoms with Crippen LogP contribution in [-0.4, -0.2) is 4.57 Å². The van der Waals surface area contributed by atoms with E-state index in [1.165, 1.54) is 31.3 Å². The maximum atomic E-state index is 2.42. The SMILES string of the molecule is Ic1ccccc1-c1cc2ccccc2n1Cc1ccccc1. The van der Waals surface area contributed by atoms with E-state index in [1.54, 1.807) is 0 Å². The van der Waals surface area contributed by atoms with Gasteiger partial charge in [-0.05, 0) is 46.4 Å². The van der Waals surface area contributed by atoms with Crippen molar-refractivity contribution in [3.63, 3.8) is 0 Å². The molecule has 2 heteroatoms. The van der Waals surface area contributed by atoms with Crippen molar-refractivity contribution in [2.24, 2.45) is 0 Å². The Kier molecular flexibility index (Phi) is 3.92. The van der Waals surface area contributed by atoms with Crippen molar-refractivity contribution in [1.29, 1.82) is 0 Å². The van der Waals surface area contributed by atoms with Gasteiger partial charge < -0.3 is 4.57 Å². The van der Waals surface area contributed by atoms with Gasteiger partial charge in [-0.15, -0.1) is 0 Å². The average Bonchev–Trinajstić information content (AvgIpc) is 2.95. The van der Waals surface area contributed by atoms with E-state index in [0.717, 1.165) is 6.54 Å². The second-order valence-corrected chi connectivity index (χ2v) is 6.80. The quantitative estimate of drug-likeness (QED) is 0.368. The van der Waals surface area contributed by atoms with E-state index in [4.69, 9.17) is 0 Å². The van der Waals surface area contributed by atoms with E-state index in [2.05, 4.69) is 112 Å². The van der Waals surface area contributed by atoms with Crippen LogP contribution < -0.4 is 0 Å². The van der Waals surface area contributed by atoms with E-state index in [1.807, 2.05) is 0 Å². The Bertz CT molecular complexity index is 954. The van der Waals surface area contributed by atoms with Crippen LogP contribution in [0.2, 0.25) is 0 Å². The molecule has 0 N–H and O–H groups in total. The highest BCUT2D eigenvalue weighted by atomic mass is 127. The highest BCUT2D eigenvalue weighted by molar-refractivity contribution is 14.1. The van der Waals surface area contributed by atoms with Crippen molar-refractivity contribution in [3.05, 3.63) is 94.1 Å². The van der Waals surface area contributed by atoms with Crippen molar-refractivity contribution in [3.8, 4) is 11.3 Å². The summed E-state index contributed by atoms with van der Waals surface area (Å²) >= 11 is 2.42. The molecule has 0 aliphatic heterocycles. The van der Waals surface area contributed by atoms with Gasteiger partial charge in [0, 0.05) is 26.6 Å². The van der Waals surface area contributed by atoms with Crippen LogP contribution >= 0.6 is 22.6 Å². The molecule has 0 saturated heterocycles. The van der Waals surface area contributed by atoms with Gasteiger partial charge in [-0.3, -0.25) is 0 Å². The minimum absolute atomic E-state index is 0.884. The average molecular weight is 409 g/mol. The maximum Gasteiger partial charge on any atom is 0.0505 e. The fraction of sp³-hybridized carbons (Fsp3) is 0.0476. The molecule has 0 amide bonds. The monoisotopic (exact) mass is 409 g/mol. The van der Waals surface area contributed by atoms with Crippen molar-refractivity contribution < 1.29 is 0 Å². The Hall–Kier alpha value is -2.07. The molecule has 0 aliphatic rings. The third kappa shape index (κ3) is 2.79. The van der Waals surface area contributed by atoms with Crippen molar-refractivity contribution in [1.82, 2.24) is 4.57 Å². The first-order valence-corrected chi connectivity index (χ1v) is 8.78. The summed E-state index contributed by atoms with van der Waals surface area (Å²) in [4.78, 5) is 0. The third-order valence-electron chi connectivity index (χ3n) is 4.14.